The standard InChI is InChI=1S/C31H46N4O9.C26H39N3O4.ClH/c1-9-26(36)32-12-14-34-24-16-23(21(6)15-25(24)44-31(7,8)28(34)38)27(37)35(19(2)3)22-11-10-13-33(17-22)29(39)41-18-42-30(40)43-20(4)5;1-7-23(30)27-13-14-28-21-16-20(18(4)15-22(21)33-26(5,6)25(28)32)24(31)29(17(2)3)19-11-9-8-10-12-19;/h15-16,19-20,22H,9-14,17-18H2,1-8H3,(H,32,36);15-17,19H,7-14H2,1-6H3,(H,27,30);1H/t22-;;/m1../s1. The zero-order valence-corrected chi connectivity index (χ0v) is 49.3. The fourth-order valence-electron chi connectivity index (χ4n) is 10.3. The van der Waals surface area contributed by atoms with Crippen LogP contribution in [0.25, 0.3) is 0 Å². The summed E-state index contributed by atoms with van der Waals surface area (Å²) in [5.41, 5.74) is 1.44. The molecule has 21 heteroatoms. The lowest BCUT2D eigenvalue weighted by atomic mass is 9.92. The number of hydrogen-bond donors (Lipinski definition) is 2. The van der Waals surface area contributed by atoms with Crippen molar-refractivity contribution < 1.29 is 62.0 Å². The summed E-state index contributed by atoms with van der Waals surface area (Å²) in [5.74, 6) is 0.194. The first-order valence-electron chi connectivity index (χ1n) is 27.5. The number of amides is 7. The number of piperidine rings is 1. The molecule has 3 heterocycles. The van der Waals surface area contributed by atoms with Crippen LogP contribution in [0, 0.1) is 13.8 Å². The topological polar surface area (TPSA) is 223 Å². The summed E-state index contributed by atoms with van der Waals surface area (Å²) in [6.07, 6.45) is 5.69. The molecule has 2 fully saturated rings. The van der Waals surface area contributed by atoms with E-state index in [0.717, 1.165) is 31.2 Å². The molecule has 3 aliphatic heterocycles. The third kappa shape index (κ3) is 15.9. The number of aryl methyl sites for hydroxylation is 2. The van der Waals surface area contributed by atoms with Crippen LogP contribution in [-0.4, -0.2) is 150 Å². The SMILES string of the molecule is CCC(=O)NCCN1C(=O)C(C)(C)Oc2cc(C)c(C(=O)N(C(C)C)C3CCCCC3)cc21.CCC(=O)NCCN1C(=O)C(C)(C)Oc2cc(C)c(C(=O)N(C(C)C)[C@@H]3CCCN(C(=O)OCOC(=O)OC(C)C)C3)cc21.Cl. The maximum absolute atomic E-state index is 14.2. The number of hydrogen-bond acceptors (Lipinski definition) is 13. The third-order valence-electron chi connectivity index (χ3n) is 14.2. The average molecular weight is 1110 g/mol. The Bertz CT molecular complexity index is 2490. The number of rotatable bonds is 17. The van der Waals surface area contributed by atoms with Crippen molar-refractivity contribution >= 4 is 71.5 Å². The lowest BCUT2D eigenvalue weighted by Crippen LogP contribution is -2.55. The molecule has 1 saturated carbocycles. The predicted molar refractivity (Wildman–Crippen MR) is 298 cm³/mol. The largest absolute Gasteiger partial charge is 0.511 e. The van der Waals surface area contributed by atoms with E-state index in [2.05, 4.69) is 24.5 Å². The second-order valence-electron chi connectivity index (χ2n) is 22.1. The van der Waals surface area contributed by atoms with Crippen molar-refractivity contribution in [3.8, 4) is 11.5 Å². The monoisotopic (exact) mass is 1110 g/mol. The zero-order valence-electron chi connectivity index (χ0n) is 48.5. The molecule has 1 saturated heterocycles. The van der Waals surface area contributed by atoms with E-state index in [1.807, 2.05) is 38.7 Å². The van der Waals surface area contributed by atoms with Gasteiger partial charge in [-0.1, -0.05) is 33.1 Å². The number of carbonyl (C=O) groups is 8. The van der Waals surface area contributed by atoms with E-state index in [-0.39, 0.29) is 97.8 Å². The second-order valence-corrected chi connectivity index (χ2v) is 22.1. The van der Waals surface area contributed by atoms with E-state index in [4.69, 9.17) is 23.7 Å². The first-order valence-corrected chi connectivity index (χ1v) is 27.5. The number of nitrogens with one attached hydrogen (secondary N) is 2. The van der Waals surface area contributed by atoms with Gasteiger partial charge in [-0.3, -0.25) is 28.8 Å². The van der Waals surface area contributed by atoms with Crippen molar-refractivity contribution in [2.75, 3.05) is 55.9 Å². The minimum atomic E-state index is -1.12. The molecule has 1 atom stereocenters. The van der Waals surface area contributed by atoms with Gasteiger partial charge in [0, 0.05) is 81.4 Å². The molecule has 2 aromatic carbocycles. The van der Waals surface area contributed by atoms with Crippen LogP contribution < -0.4 is 29.9 Å². The zero-order chi connectivity index (χ0) is 57.1. The molecule has 0 unspecified atom stereocenters. The summed E-state index contributed by atoms with van der Waals surface area (Å²) < 4.78 is 26.9. The third-order valence-corrected chi connectivity index (χ3v) is 14.2. The highest BCUT2D eigenvalue weighted by molar-refractivity contribution is 6.06. The van der Waals surface area contributed by atoms with E-state index in [1.165, 1.54) is 11.3 Å². The van der Waals surface area contributed by atoms with Crippen LogP contribution in [0.4, 0.5) is 21.0 Å². The maximum atomic E-state index is 14.2. The number of likely N-dealkylation sites (tertiary alicyclic amines) is 1. The molecular formula is C57H86ClN7O13. The quantitative estimate of drug-likeness (QED) is 0.112. The normalized spacial score (nSPS) is 17.5. The van der Waals surface area contributed by atoms with E-state index in [0.29, 0.717) is 84.9 Å². The van der Waals surface area contributed by atoms with Gasteiger partial charge in [-0.25, -0.2) is 9.59 Å². The van der Waals surface area contributed by atoms with Crippen LogP contribution in [0.3, 0.4) is 0 Å². The van der Waals surface area contributed by atoms with E-state index in [1.54, 1.807) is 88.3 Å². The summed E-state index contributed by atoms with van der Waals surface area (Å²) in [4.78, 5) is 111. The predicted octanol–water partition coefficient (Wildman–Crippen LogP) is 8.63. The molecule has 7 amide bonds. The Morgan fingerprint density at radius 1 is 0.654 bits per heavy atom. The van der Waals surface area contributed by atoms with Gasteiger partial charge in [-0.05, 0) is 144 Å². The van der Waals surface area contributed by atoms with Gasteiger partial charge in [0.2, 0.25) is 18.6 Å². The van der Waals surface area contributed by atoms with Gasteiger partial charge in [0.1, 0.15) is 11.5 Å². The van der Waals surface area contributed by atoms with Gasteiger partial charge in [0.15, 0.2) is 11.2 Å². The van der Waals surface area contributed by atoms with Crippen molar-refractivity contribution in [2.24, 2.45) is 0 Å². The Morgan fingerprint density at radius 3 is 1.51 bits per heavy atom. The highest BCUT2D eigenvalue weighted by atomic mass is 35.5. The molecule has 6 rings (SSSR count). The van der Waals surface area contributed by atoms with Gasteiger partial charge in [-0.2, -0.15) is 0 Å². The Morgan fingerprint density at radius 2 is 1.09 bits per heavy atom. The van der Waals surface area contributed by atoms with Crippen LogP contribution in [0.2, 0.25) is 0 Å². The molecule has 4 aliphatic rings. The minimum Gasteiger partial charge on any atom is -0.476 e. The molecule has 0 spiro atoms. The van der Waals surface area contributed by atoms with Gasteiger partial charge >= 0.3 is 12.2 Å². The van der Waals surface area contributed by atoms with Crippen LogP contribution in [0.15, 0.2) is 24.3 Å². The molecule has 2 N–H and O–H groups in total. The van der Waals surface area contributed by atoms with Crippen molar-refractivity contribution in [1.29, 1.82) is 0 Å². The number of carbonyl (C=O) groups excluding carboxylic acids is 8. The second kappa shape index (κ2) is 28.0. The van der Waals surface area contributed by atoms with Crippen molar-refractivity contribution in [1.82, 2.24) is 25.3 Å². The number of ether oxygens (including phenoxy) is 5. The highest BCUT2D eigenvalue weighted by Gasteiger charge is 2.44. The summed E-state index contributed by atoms with van der Waals surface area (Å²) in [5, 5.41) is 5.63. The van der Waals surface area contributed by atoms with Gasteiger partial charge in [0.05, 0.1) is 23.5 Å². The minimum absolute atomic E-state index is 0. The number of fused-ring (bicyclic) bond motifs is 2. The number of halogens is 1. The molecule has 1 aliphatic carbocycles. The van der Waals surface area contributed by atoms with Gasteiger partial charge in [0.25, 0.3) is 23.6 Å². The fraction of sp³-hybridized carbons (Fsp3) is 0.649. The van der Waals surface area contributed by atoms with E-state index >= 15 is 0 Å². The molecular weight excluding hydrogens is 1030 g/mol. The van der Waals surface area contributed by atoms with Gasteiger partial charge in [-0.15, -0.1) is 12.4 Å². The van der Waals surface area contributed by atoms with Crippen LogP contribution in [0.1, 0.15) is 173 Å². The number of anilines is 2. The summed E-state index contributed by atoms with van der Waals surface area (Å²) in [6.45, 7) is 26.7. The fourth-order valence-corrected chi connectivity index (χ4v) is 10.3. The first-order chi connectivity index (χ1) is 36.2. The Labute approximate surface area is 467 Å². The number of benzene rings is 2. The van der Waals surface area contributed by atoms with Crippen molar-refractivity contribution in [3.05, 3.63) is 46.5 Å². The molecule has 0 aromatic heterocycles. The van der Waals surface area contributed by atoms with Gasteiger partial charge < -0.3 is 58.8 Å². The van der Waals surface area contributed by atoms with Crippen LogP contribution in [0.5, 0.6) is 11.5 Å². The maximum Gasteiger partial charge on any atom is 0.511 e. The lowest BCUT2D eigenvalue weighted by Gasteiger charge is -2.42. The van der Waals surface area contributed by atoms with Crippen LogP contribution in [-0.2, 0) is 33.4 Å². The Hall–Kier alpha value is -6.31. The summed E-state index contributed by atoms with van der Waals surface area (Å²) >= 11 is 0. The molecule has 20 nitrogen and oxygen atoms in total. The summed E-state index contributed by atoms with van der Waals surface area (Å²) in [7, 11) is 0. The van der Waals surface area contributed by atoms with Crippen molar-refractivity contribution in [2.45, 2.75) is 196 Å². The van der Waals surface area contributed by atoms with E-state index < -0.39 is 30.2 Å². The van der Waals surface area contributed by atoms with Crippen molar-refractivity contribution in [3.63, 3.8) is 0 Å². The smallest absolute Gasteiger partial charge is 0.476 e. The lowest BCUT2D eigenvalue weighted by molar-refractivity contribution is -0.133. The first kappa shape index (κ1) is 64.2. The van der Waals surface area contributed by atoms with E-state index in [9.17, 15) is 38.4 Å². The molecule has 434 valence electrons. The number of nitrogens with zero attached hydrogens (tertiary/aromatic N) is 5. The Balaban J connectivity index is 0.000000345. The molecule has 2 aromatic rings. The molecule has 0 radical (unpaired) electrons. The molecule has 78 heavy (non-hydrogen) atoms. The summed E-state index contributed by atoms with van der Waals surface area (Å²) in [6, 6.07) is 6.95. The highest BCUT2D eigenvalue weighted by Crippen LogP contribution is 2.42. The molecule has 0 bridgehead atoms. The Kier molecular flexibility index (Phi) is 23.1. The van der Waals surface area contributed by atoms with Crippen LogP contribution >= 0.6 is 12.4 Å². The average Bonchev–Trinajstić information content (AvgIpc) is 3.40.